The molecule has 0 spiro atoms. The standard InChI is InChI=1S/C22H24F3N7O/c1-12-8-26-19-18(13-6-15(7-13)22(23,24)25)29-21(30-20(19)28-12)31-4-5-33-17(11-31)14-9-27-32(10-14)16-2-3-16/h8-10,13,15-17H,2-7,11H2,1H3/t13-,15+,17-/m1/s1. The zero-order valence-electron chi connectivity index (χ0n) is 18.2. The van der Waals surface area contributed by atoms with Gasteiger partial charge in [-0.1, -0.05) is 0 Å². The van der Waals surface area contributed by atoms with Crippen molar-refractivity contribution >= 4 is 17.1 Å². The molecule has 33 heavy (non-hydrogen) atoms. The summed E-state index contributed by atoms with van der Waals surface area (Å²) < 4.78 is 47.3. The van der Waals surface area contributed by atoms with Crippen molar-refractivity contribution in [2.75, 3.05) is 24.6 Å². The van der Waals surface area contributed by atoms with Crippen LogP contribution in [0.15, 0.2) is 18.6 Å². The first-order valence-electron chi connectivity index (χ1n) is 11.3. The SMILES string of the molecule is Cc1cnc2c(n1)nc(N1CCO[C@@H](c3cnn(C4CC4)c3)C1)nc2[C@H]1C[C@@H](C(F)(F)F)C1. The van der Waals surface area contributed by atoms with Gasteiger partial charge in [0.1, 0.15) is 11.6 Å². The van der Waals surface area contributed by atoms with Crippen molar-refractivity contribution in [1.29, 1.82) is 0 Å². The van der Waals surface area contributed by atoms with Crippen molar-refractivity contribution in [2.45, 2.75) is 56.8 Å². The Morgan fingerprint density at radius 1 is 1.09 bits per heavy atom. The Balaban J connectivity index is 1.30. The number of fused-ring (bicyclic) bond motifs is 1. The molecule has 4 heterocycles. The maximum atomic E-state index is 13.1. The van der Waals surface area contributed by atoms with Gasteiger partial charge in [0.05, 0.1) is 42.7 Å². The van der Waals surface area contributed by atoms with E-state index in [1.54, 1.807) is 6.20 Å². The minimum Gasteiger partial charge on any atom is -0.370 e. The van der Waals surface area contributed by atoms with Crippen LogP contribution >= 0.6 is 0 Å². The third-order valence-corrected chi connectivity index (χ3v) is 6.79. The van der Waals surface area contributed by atoms with Crippen molar-refractivity contribution in [3.8, 4) is 0 Å². The number of morpholine rings is 1. The second-order valence-electron chi connectivity index (χ2n) is 9.29. The molecule has 1 aliphatic heterocycles. The van der Waals surface area contributed by atoms with E-state index in [9.17, 15) is 13.2 Å². The second-order valence-corrected chi connectivity index (χ2v) is 9.29. The molecule has 174 valence electrons. The predicted molar refractivity (Wildman–Crippen MR) is 113 cm³/mol. The van der Waals surface area contributed by atoms with E-state index in [1.807, 2.05) is 28.9 Å². The predicted octanol–water partition coefficient (Wildman–Crippen LogP) is 3.89. The average Bonchev–Trinajstić information content (AvgIpc) is 3.48. The number of hydrogen-bond acceptors (Lipinski definition) is 7. The molecule has 11 heteroatoms. The van der Waals surface area contributed by atoms with E-state index >= 15 is 0 Å². The van der Waals surface area contributed by atoms with Crippen LogP contribution in [-0.4, -0.2) is 55.6 Å². The number of halogens is 3. The van der Waals surface area contributed by atoms with Crippen LogP contribution in [0.5, 0.6) is 0 Å². The lowest BCUT2D eigenvalue weighted by molar-refractivity contribution is -0.197. The lowest BCUT2D eigenvalue weighted by Gasteiger charge is -2.37. The second kappa shape index (κ2) is 7.61. The molecule has 0 unspecified atom stereocenters. The summed E-state index contributed by atoms with van der Waals surface area (Å²) in [4.78, 5) is 20.3. The van der Waals surface area contributed by atoms with Crippen molar-refractivity contribution in [1.82, 2.24) is 29.7 Å². The molecule has 0 amide bonds. The molecule has 0 radical (unpaired) electrons. The van der Waals surface area contributed by atoms with Crippen molar-refractivity contribution in [3.63, 3.8) is 0 Å². The molecule has 0 N–H and O–H groups in total. The summed E-state index contributed by atoms with van der Waals surface area (Å²) in [6.07, 6.45) is 3.51. The van der Waals surface area contributed by atoms with E-state index in [0.29, 0.717) is 54.2 Å². The molecule has 8 nitrogen and oxygen atoms in total. The van der Waals surface area contributed by atoms with E-state index in [4.69, 9.17) is 9.72 Å². The highest BCUT2D eigenvalue weighted by Gasteiger charge is 2.49. The molecule has 2 aliphatic carbocycles. The molecule has 3 aliphatic rings. The van der Waals surface area contributed by atoms with Crippen LogP contribution in [0.25, 0.3) is 11.2 Å². The topological polar surface area (TPSA) is 81.9 Å². The number of aromatic nitrogens is 6. The van der Waals surface area contributed by atoms with Crippen LogP contribution < -0.4 is 4.90 Å². The maximum absolute atomic E-state index is 13.1. The van der Waals surface area contributed by atoms with Gasteiger partial charge in [0, 0.05) is 30.4 Å². The largest absolute Gasteiger partial charge is 0.391 e. The van der Waals surface area contributed by atoms with E-state index < -0.39 is 12.1 Å². The van der Waals surface area contributed by atoms with Crippen molar-refractivity contribution < 1.29 is 17.9 Å². The highest BCUT2D eigenvalue weighted by molar-refractivity contribution is 5.74. The first-order valence-corrected chi connectivity index (χ1v) is 11.3. The Labute approximate surface area is 188 Å². The summed E-state index contributed by atoms with van der Waals surface area (Å²) in [6.45, 7) is 3.44. The molecule has 3 aromatic rings. The van der Waals surface area contributed by atoms with Crippen LogP contribution in [0.3, 0.4) is 0 Å². The fraction of sp³-hybridized carbons (Fsp3) is 0.591. The first-order chi connectivity index (χ1) is 15.8. The monoisotopic (exact) mass is 459 g/mol. The summed E-state index contributed by atoms with van der Waals surface area (Å²) in [5.74, 6) is -1.12. The van der Waals surface area contributed by atoms with Gasteiger partial charge in [-0.3, -0.25) is 4.68 Å². The van der Waals surface area contributed by atoms with Crippen LogP contribution in [0, 0.1) is 12.8 Å². The van der Waals surface area contributed by atoms with Gasteiger partial charge in [-0.05, 0) is 32.6 Å². The third kappa shape index (κ3) is 3.92. The maximum Gasteiger partial charge on any atom is 0.391 e. The van der Waals surface area contributed by atoms with E-state index in [0.717, 1.165) is 18.4 Å². The first kappa shape index (κ1) is 20.8. The summed E-state index contributed by atoms with van der Waals surface area (Å²) in [6, 6.07) is 0.495. The molecule has 1 saturated heterocycles. The Morgan fingerprint density at radius 3 is 2.67 bits per heavy atom. The summed E-state index contributed by atoms with van der Waals surface area (Å²) in [5, 5.41) is 4.46. The number of aryl methyl sites for hydroxylation is 1. The Bertz CT molecular complexity index is 1190. The zero-order valence-corrected chi connectivity index (χ0v) is 18.2. The van der Waals surface area contributed by atoms with E-state index in [1.165, 1.54) is 0 Å². The smallest absolute Gasteiger partial charge is 0.370 e. The highest BCUT2D eigenvalue weighted by Crippen LogP contribution is 2.50. The number of rotatable bonds is 4. The fourth-order valence-corrected chi connectivity index (χ4v) is 4.63. The zero-order chi connectivity index (χ0) is 22.7. The molecule has 3 aromatic heterocycles. The lowest BCUT2D eigenvalue weighted by Crippen LogP contribution is -2.40. The summed E-state index contributed by atoms with van der Waals surface area (Å²) in [7, 11) is 0. The third-order valence-electron chi connectivity index (χ3n) is 6.79. The van der Waals surface area contributed by atoms with Crippen LogP contribution in [0.4, 0.5) is 19.1 Å². The number of alkyl halides is 3. The molecule has 1 atom stereocenters. The Hall–Kier alpha value is -2.82. The van der Waals surface area contributed by atoms with Crippen LogP contribution in [0.1, 0.15) is 60.7 Å². The molecular weight excluding hydrogens is 435 g/mol. The van der Waals surface area contributed by atoms with Crippen LogP contribution in [-0.2, 0) is 4.74 Å². The van der Waals surface area contributed by atoms with Gasteiger partial charge in [-0.2, -0.15) is 23.3 Å². The lowest BCUT2D eigenvalue weighted by atomic mass is 9.72. The van der Waals surface area contributed by atoms with Gasteiger partial charge in [-0.15, -0.1) is 0 Å². The number of ether oxygens (including phenoxy) is 1. The minimum atomic E-state index is -4.17. The molecular formula is C22H24F3N7O. The van der Waals surface area contributed by atoms with Gasteiger partial charge < -0.3 is 9.64 Å². The van der Waals surface area contributed by atoms with Gasteiger partial charge in [-0.25, -0.2) is 15.0 Å². The molecule has 0 bridgehead atoms. The molecule has 0 aromatic carbocycles. The van der Waals surface area contributed by atoms with Gasteiger partial charge in [0.2, 0.25) is 5.95 Å². The minimum absolute atomic E-state index is 0.0245. The normalized spacial score (nSPS) is 25.9. The number of nitrogens with zero attached hydrogens (tertiary/aromatic N) is 7. The van der Waals surface area contributed by atoms with E-state index in [2.05, 4.69) is 20.1 Å². The highest BCUT2D eigenvalue weighted by atomic mass is 19.4. The Kier molecular flexibility index (Phi) is 4.79. The molecule has 2 saturated carbocycles. The number of hydrogen-bond donors (Lipinski definition) is 0. The summed E-state index contributed by atoms with van der Waals surface area (Å²) in [5.41, 5.74) is 3.19. The van der Waals surface area contributed by atoms with Gasteiger partial charge >= 0.3 is 6.18 Å². The fourth-order valence-electron chi connectivity index (χ4n) is 4.63. The number of anilines is 1. The quantitative estimate of drug-likeness (QED) is 0.585. The average molecular weight is 459 g/mol. The van der Waals surface area contributed by atoms with Gasteiger partial charge in [0.25, 0.3) is 0 Å². The van der Waals surface area contributed by atoms with Crippen molar-refractivity contribution in [3.05, 3.63) is 35.5 Å². The molecule has 6 rings (SSSR count). The molecule has 3 fully saturated rings. The van der Waals surface area contributed by atoms with Crippen LogP contribution in [0.2, 0.25) is 0 Å². The van der Waals surface area contributed by atoms with Crippen molar-refractivity contribution in [2.24, 2.45) is 5.92 Å². The Morgan fingerprint density at radius 2 is 1.91 bits per heavy atom. The summed E-state index contributed by atoms with van der Waals surface area (Å²) >= 11 is 0. The van der Waals surface area contributed by atoms with E-state index in [-0.39, 0.29) is 24.9 Å². The van der Waals surface area contributed by atoms with Gasteiger partial charge in [0.15, 0.2) is 5.65 Å².